The fourth-order valence-electron chi connectivity index (χ4n) is 1.96. The number of rotatable bonds is 7. The Hall–Kier alpha value is -1.39. The molecule has 0 fully saturated rings. The lowest BCUT2D eigenvalue weighted by Gasteiger charge is -2.27. The van der Waals surface area contributed by atoms with Crippen LogP contribution in [0.3, 0.4) is 0 Å². The Labute approximate surface area is 121 Å². The standard InChI is InChI=1S/C16H26N2O2/c1-5-18(4)15(13-9-7-6-8-10-13)16(20)17-11-14(19)12(2)3/h6-10,12,14-15,19H,5,11H2,1-4H3,(H,17,20). The van der Waals surface area contributed by atoms with Crippen LogP contribution in [0.4, 0.5) is 0 Å². The van der Waals surface area contributed by atoms with Gasteiger partial charge in [-0.25, -0.2) is 0 Å². The molecule has 4 nitrogen and oxygen atoms in total. The van der Waals surface area contributed by atoms with E-state index in [4.69, 9.17) is 0 Å². The van der Waals surface area contributed by atoms with E-state index < -0.39 is 6.10 Å². The molecule has 112 valence electrons. The van der Waals surface area contributed by atoms with Gasteiger partial charge in [0.1, 0.15) is 6.04 Å². The normalized spacial score (nSPS) is 14.3. The van der Waals surface area contributed by atoms with Gasteiger partial charge in [-0.3, -0.25) is 9.69 Å². The summed E-state index contributed by atoms with van der Waals surface area (Å²) in [7, 11) is 1.93. The fourth-order valence-corrected chi connectivity index (χ4v) is 1.96. The van der Waals surface area contributed by atoms with Crippen molar-refractivity contribution < 1.29 is 9.90 Å². The Kier molecular flexibility index (Phi) is 6.68. The summed E-state index contributed by atoms with van der Waals surface area (Å²) in [5.74, 6) is 0.0645. The lowest BCUT2D eigenvalue weighted by atomic mass is 10.0. The summed E-state index contributed by atoms with van der Waals surface area (Å²) in [6.07, 6.45) is -0.512. The Morgan fingerprint density at radius 2 is 1.90 bits per heavy atom. The van der Waals surface area contributed by atoms with E-state index in [0.29, 0.717) is 0 Å². The SMILES string of the molecule is CCN(C)C(C(=O)NCC(O)C(C)C)c1ccccc1. The maximum Gasteiger partial charge on any atom is 0.242 e. The molecule has 0 aromatic heterocycles. The van der Waals surface area contributed by atoms with Crippen LogP contribution in [-0.2, 0) is 4.79 Å². The second kappa shape index (κ2) is 8.02. The number of nitrogens with one attached hydrogen (secondary N) is 1. The van der Waals surface area contributed by atoms with Gasteiger partial charge in [-0.05, 0) is 25.1 Å². The lowest BCUT2D eigenvalue weighted by molar-refractivity contribution is -0.126. The van der Waals surface area contributed by atoms with E-state index in [9.17, 15) is 9.90 Å². The second-order valence-electron chi connectivity index (χ2n) is 5.44. The van der Waals surface area contributed by atoms with Crippen molar-refractivity contribution >= 4 is 5.91 Å². The average Bonchev–Trinajstić information content (AvgIpc) is 2.45. The first-order valence-electron chi connectivity index (χ1n) is 7.18. The highest BCUT2D eigenvalue weighted by Gasteiger charge is 2.24. The molecule has 0 aliphatic heterocycles. The van der Waals surface area contributed by atoms with Crippen molar-refractivity contribution in [3.8, 4) is 0 Å². The number of hydrogen-bond donors (Lipinski definition) is 2. The van der Waals surface area contributed by atoms with E-state index in [1.54, 1.807) is 0 Å². The molecule has 0 saturated heterocycles. The minimum absolute atomic E-state index is 0.0692. The summed E-state index contributed by atoms with van der Waals surface area (Å²) in [4.78, 5) is 14.4. The number of carbonyl (C=O) groups is 1. The molecule has 1 amide bonds. The summed E-state index contributed by atoms with van der Waals surface area (Å²) in [5.41, 5.74) is 0.966. The molecule has 0 bridgehead atoms. The van der Waals surface area contributed by atoms with E-state index in [0.717, 1.165) is 12.1 Å². The molecule has 2 atom stereocenters. The van der Waals surface area contributed by atoms with Gasteiger partial charge >= 0.3 is 0 Å². The van der Waals surface area contributed by atoms with Gasteiger partial charge in [-0.2, -0.15) is 0 Å². The predicted molar refractivity (Wildman–Crippen MR) is 81.3 cm³/mol. The van der Waals surface area contributed by atoms with Crippen LogP contribution in [-0.4, -0.2) is 42.2 Å². The van der Waals surface area contributed by atoms with Crippen LogP contribution in [0, 0.1) is 5.92 Å². The number of likely N-dealkylation sites (N-methyl/N-ethyl adjacent to an activating group) is 1. The number of hydrogen-bond acceptors (Lipinski definition) is 3. The zero-order chi connectivity index (χ0) is 15.1. The average molecular weight is 278 g/mol. The molecule has 0 spiro atoms. The molecule has 0 heterocycles. The lowest BCUT2D eigenvalue weighted by Crippen LogP contribution is -2.42. The number of amides is 1. The van der Waals surface area contributed by atoms with Crippen molar-refractivity contribution in [3.05, 3.63) is 35.9 Å². The Morgan fingerprint density at radius 3 is 2.40 bits per heavy atom. The first-order chi connectivity index (χ1) is 9.47. The summed E-state index contributed by atoms with van der Waals surface area (Å²) in [5, 5.41) is 12.6. The van der Waals surface area contributed by atoms with Crippen molar-refractivity contribution in [3.63, 3.8) is 0 Å². The molecule has 1 aromatic carbocycles. The highest BCUT2D eigenvalue weighted by atomic mass is 16.3. The van der Waals surface area contributed by atoms with E-state index in [1.165, 1.54) is 0 Å². The van der Waals surface area contributed by atoms with Crippen LogP contribution >= 0.6 is 0 Å². The molecule has 0 saturated carbocycles. The first-order valence-corrected chi connectivity index (χ1v) is 7.18. The fraction of sp³-hybridized carbons (Fsp3) is 0.562. The Bertz CT molecular complexity index is 406. The molecular formula is C16H26N2O2. The van der Waals surface area contributed by atoms with Crippen LogP contribution in [0.1, 0.15) is 32.4 Å². The molecule has 0 aliphatic rings. The summed E-state index contributed by atoms with van der Waals surface area (Å²) < 4.78 is 0. The zero-order valence-corrected chi connectivity index (χ0v) is 12.8. The Morgan fingerprint density at radius 1 is 1.30 bits per heavy atom. The maximum absolute atomic E-state index is 12.4. The number of aliphatic hydroxyl groups excluding tert-OH is 1. The predicted octanol–water partition coefficient (Wildman–Crippen LogP) is 1.81. The number of benzene rings is 1. The van der Waals surface area contributed by atoms with Gasteiger partial charge in [0.2, 0.25) is 5.91 Å². The van der Waals surface area contributed by atoms with Crippen molar-refractivity contribution in [1.82, 2.24) is 10.2 Å². The van der Waals surface area contributed by atoms with E-state index in [1.807, 2.05) is 63.1 Å². The summed E-state index contributed by atoms with van der Waals surface area (Å²) >= 11 is 0. The maximum atomic E-state index is 12.4. The van der Waals surface area contributed by atoms with E-state index >= 15 is 0 Å². The number of aliphatic hydroxyl groups is 1. The van der Waals surface area contributed by atoms with Crippen LogP contribution in [0.15, 0.2) is 30.3 Å². The molecule has 0 aliphatic carbocycles. The third-order valence-corrected chi connectivity index (χ3v) is 3.56. The summed E-state index contributed by atoms with van der Waals surface area (Å²) in [6.45, 7) is 6.95. The number of nitrogens with zero attached hydrogens (tertiary/aromatic N) is 1. The third-order valence-electron chi connectivity index (χ3n) is 3.56. The van der Waals surface area contributed by atoms with E-state index in [-0.39, 0.29) is 24.4 Å². The van der Waals surface area contributed by atoms with Gasteiger partial charge in [0, 0.05) is 6.54 Å². The molecule has 1 rings (SSSR count). The van der Waals surface area contributed by atoms with E-state index in [2.05, 4.69) is 5.32 Å². The van der Waals surface area contributed by atoms with Gasteiger partial charge in [0.25, 0.3) is 0 Å². The monoisotopic (exact) mass is 278 g/mol. The highest BCUT2D eigenvalue weighted by Crippen LogP contribution is 2.19. The van der Waals surface area contributed by atoms with Gasteiger partial charge in [-0.1, -0.05) is 51.1 Å². The van der Waals surface area contributed by atoms with Crippen LogP contribution in [0.2, 0.25) is 0 Å². The van der Waals surface area contributed by atoms with Crippen LogP contribution in [0.25, 0.3) is 0 Å². The van der Waals surface area contributed by atoms with Crippen LogP contribution < -0.4 is 5.32 Å². The quantitative estimate of drug-likeness (QED) is 0.800. The van der Waals surface area contributed by atoms with Crippen molar-refractivity contribution in [2.45, 2.75) is 32.9 Å². The zero-order valence-electron chi connectivity index (χ0n) is 12.8. The molecule has 4 heteroatoms. The molecule has 1 aromatic rings. The van der Waals surface area contributed by atoms with Gasteiger partial charge in [0.15, 0.2) is 0 Å². The van der Waals surface area contributed by atoms with Crippen LogP contribution in [0.5, 0.6) is 0 Å². The third kappa shape index (κ3) is 4.62. The van der Waals surface area contributed by atoms with Crippen molar-refractivity contribution in [2.75, 3.05) is 20.1 Å². The molecule has 2 N–H and O–H groups in total. The summed E-state index contributed by atoms with van der Waals surface area (Å²) in [6, 6.07) is 9.39. The smallest absolute Gasteiger partial charge is 0.242 e. The van der Waals surface area contributed by atoms with Gasteiger partial charge in [0.05, 0.1) is 6.10 Å². The second-order valence-corrected chi connectivity index (χ2v) is 5.44. The minimum Gasteiger partial charge on any atom is -0.391 e. The van der Waals surface area contributed by atoms with Gasteiger partial charge in [-0.15, -0.1) is 0 Å². The Balaban J connectivity index is 2.77. The largest absolute Gasteiger partial charge is 0.391 e. The topological polar surface area (TPSA) is 52.6 Å². The molecular weight excluding hydrogens is 252 g/mol. The molecule has 0 radical (unpaired) electrons. The van der Waals surface area contributed by atoms with Crippen molar-refractivity contribution in [1.29, 1.82) is 0 Å². The molecule has 2 unspecified atom stereocenters. The minimum atomic E-state index is -0.512. The first kappa shape index (κ1) is 16.7. The number of carbonyl (C=O) groups excluding carboxylic acids is 1. The highest BCUT2D eigenvalue weighted by molar-refractivity contribution is 5.83. The molecule has 20 heavy (non-hydrogen) atoms. The van der Waals surface area contributed by atoms with Gasteiger partial charge < -0.3 is 10.4 Å². The van der Waals surface area contributed by atoms with Crippen molar-refractivity contribution in [2.24, 2.45) is 5.92 Å².